The van der Waals surface area contributed by atoms with Crippen molar-refractivity contribution in [3.8, 4) is 11.4 Å². The van der Waals surface area contributed by atoms with Gasteiger partial charge in [0.2, 0.25) is 10.0 Å². The highest BCUT2D eigenvalue weighted by Crippen LogP contribution is 2.21. The minimum absolute atomic E-state index is 0.102. The fourth-order valence-electron chi connectivity index (χ4n) is 2.28. The van der Waals surface area contributed by atoms with Crippen LogP contribution in [-0.2, 0) is 23.6 Å². The van der Waals surface area contributed by atoms with Gasteiger partial charge in [0.25, 0.3) is 0 Å². The molecule has 2 heterocycles. The van der Waals surface area contributed by atoms with Crippen LogP contribution in [0.15, 0.2) is 64.1 Å². The maximum absolute atomic E-state index is 12.4. The van der Waals surface area contributed by atoms with Gasteiger partial charge in [0.15, 0.2) is 0 Å². The first-order valence-corrected chi connectivity index (χ1v) is 9.43. The number of halogens is 1. The summed E-state index contributed by atoms with van der Waals surface area (Å²) in [6, 6.07) is 14.1. The van der Waals surface area contributed by atoms with Gasteiger partial charge in [-0.3, -0.25) is 9.67 Å². The molecule has 0 radical (unpaired) electrons. The van der Waals surface area contributed by atoms with Gasteiger partial charge in [-0.15, -0.1) is 0 Å². The Morgan fingerprint density at radius 2 is 1.92 bits per heavy atom. The molecule has 24 heavy (non-hydrogen) atoms. The van der Waals surface area contributed by atoms with Crippen molar-refractivity contribution in [2.75, 3.05) is 0 Å². The monoisotopic (exact) mass is 406 g/mol. The molecular formula is C16H15BrN4O2S. The van der Waals surface area contributed by atoms with Crippen LogP contribution < -0.4 is 4.72 Å². The highest BCUT2D eigenvalue weighted by atomic mass is 79.9. The van der Waals surface area contributed by atoms with Gasteiger partial charge in [0.1, 0.15) is 0 Å². The standard InChI is InChI=1S/C16H15BrN4O2S/c1-21-15(14-7-4-5-9-18-14)10-12(20-21)11-19-24(22,23)16-8-3-2-6-13(16)17/h2-10,19H,11H2,1H3. The molecule has 124 valence electrons. The second-order valence-corrected chi connectivity index (χ2v) is 7.70. The van der Waals surface area contributed by atoms with Gasteiger partial charge in [0, 0.05) is 17.7 Å². The van der Waals surface area contributed by atoms with Crippen LogP contribution in [0.5, 0.6) is 0 Å². The van der Waals surface area contributed by atoms with E-state index in [0.29, 0.717) is 10.2 Å². The molecule has 0 bridgehead atoms. The van der Waals surface area contributed by atoms with E-state index in [1.807, 2.05) is 24.3 Å². The minimum Gasteiger partial charge on any atom is -0.266 e. The Hall–Kier alpha value is -2.03. The lowest BCUT2D eigenvalue weighted by atomic mass is 10.2. The fourth-order valence-corrected chi connectivity index (χ4v) is 4.28. The molecule has 0 unspecified atom stereocenters. The van der Waals surface area contributed by atoms with Crippen LogP contribution in [-0.4, -0.2) is 23.2 Å². The van der Waals surface area contributed by atoms with Crippen LogP contribution >= 0.6 is 15.9 Å². The van der Waals surface area contributed by atoms with Crippen molar-refractivity contribution in [2.45, 2.75) is 11.4 Å². The van der Waals surface area contributed by atoms with E-state index in [9.17, 15) is 8.42 Å². The molecule has 3 rings (SSSR count). The second kappa shape index (κ2) is 6.84. The lowest BCUT2D eigenvalue weighted by Gasteiger charge is -2.06. The summed E-state index contributed by atoms with van der Waals surface area (Å²) in [7, 11) is -1.82. The molecule has 0 spiro atoms. The van der Waals surface area contributed by atoms with Crippen molar-refractivity contribution in [2.24, 2.45) is 7.05 Å². The average Bonchev–Trinajstić information content (AvgIpc) is 2.95. The summed E-state index contributed by atoms with van der Waals surface area (Å²) < 4.78 is 29.6. The number of rotatable bonds is 5. The molecule has 2 aromatic heterocycles. The Balaban J connectivity index is 1.80. The number of pyridine rings is 1. The zero-order chi connectivity index (χ0) is 17.2. The summed E-state index contributed by atoms with van der Waals surface area (Å²) in [6.45, 7) is 0.102. The molecule has 0 fully saturated rings. The van der Waals surface area contributed by atoms with Crippen LogP contribution in [0.25, 0.3) is 11.4 Å². The van der Waals surface area contributed by atoms with Crippen molar-refractivity contribution in [3.05, 3.63) is 64.9 Å². The second-order valence-electron chi connectivity index (χ2n) is 5.11. The minimum atomic E-state index is -3.62. The van der Waals surface area contributed by atoms with Crippen LogP contribution in [0, 0.1) is 0 Å². The lowest BCUT2D eigenvalue weighted by molar-refractivity contribution is 0.579. The third-order valence-electron chi connectivity index (χ3n) is 3.43. The average molecular weight is 407 g/mol. The number of nitrogens with one attached hydrogen (secondary N) is 1. The van der Waals surface area contributed by atoms with E-state index in [2.05, 4.69) is 30.7 Å². The predicted molar refractivity (Wildman–Crippen MR) is 94.6 cm³/mol. The SMILES string of the molecule is Cn1nc(CNS(=O)(=O)c2ccccc2Br)cc1-c1ccccn1. The maximum Gasteiger partial charge on any atom is 0.242 e. The van der Waals surface area contributed by atoms with Crippen molar-refractivity contribution < 1.29 is 8.42 Å². The lowest BCUT2D eigenvalue weighted by Crippen LogP contribution is -2.23. The Morgan fingerprint density at radius 1 is 1.17 bits per heavy atom. The van der Waals surface area contributed by atoms with Gasteiger partial charge in [-0.25, -0.2) is 13.1 Å². The normalized spacial score (nSPS) is 11.6. The highest BCUT2D eigenvalue weighted by molar-refractivity contribution is 9.10. The van der Waals surface area contributed by atoms with Crippen molar-refractivity contribution in [3.63, 3.8) is 0 Å². The first-order chi connectivity index (χ1) is 11.5. The summed E-state index contributed by atoms with van der Waals surface area (Å²) in [6.07, 6.45) is 1.71. The number of hydrogen-bond acceptors (Lipinski definition) is 4. The van der Waals surface area contributed by atoms with E-state index in [1.54, 1.807) is 42.2 Å². The molecule has 6 nitrogen and oxygen atoms in total. The number of sulfonamides is 1. The number of hydrogen-bond donors (Lipinski definition) is 1. The molecule has 0 aliphatic rings. The molecule has 0 saturated carbocycles. The summed E-state index contributed by atoms with van der Waals surface area (Å²) >= 11 is 3.26. The Bertz CT molecular complexity index is 955. The first-order valence-electron chi connectivity index (χ1n) is 7.16. The molecule has 0 aliphatic carbocycles. The number of nitrogens with zero attached hydrogens (tertiary/aromatic N) is 3. The van der Waals surface area contributed by atoms with Crippen molar-refractivity contribution in [1.82, 2.24) is 19.5 Å². The zero-order valence-corrected chi connectivity index (χ0v) is 15.3. The van der Waals surface area contributed by atoms with Gasteiger partial charge >= 0.3 is 0 Å². The molecule has 0 amide bonds. The molecule has 0 aliphatic heterocycles. The molecule has 3 aromatic rings. The highest BCUT2D eigenvalue weighted by Gasteiger charge is 2.18. The van der Waals surface area contributed by atoms with Crippen LogP contribution in [0.4, 0.5) is 0 Å². The Kier molecular flexibility index (Phi) is 4.79. The van der Waals surface area contributed by atoms with Gasteiger partial charge in [-0.1, -0.05) is 18.2 Å². The van der Waals surface area contributed by atoms with Gasteiger partial charge in [-0.2, -0.15) is 5.10 Å². The zero-order valence-electron chi connectivity index (χ0n) is 12.8. The molecular weight excluding hydrogens is 392 g/mol. The predicted octanol–water partition coefficient (Wildman–Crippen LogP) is 2.72. The summed E-state index contributed by atoms with van der Waals surface area (Å²) in [5, 5.41) is 4.34. The molecule has 8 heteroatoms. The van der Waals surface area contributed by atoms with Crippen molar-refractivity contribution in [1.29, 1.82) is 0 Å². The fraction of sp³-hybridized carbons (Fsp3) is 0.125. The van der Waals surface area contributed by atoms with E-state index >= 15 is 0 Å². The summed E-state index contributed by atoms with van der Waals surface area (Å²) in [5.41, 5.74) is 2.23. The van der Waals surface area contributed by atoms with Crippen LogP contribution in [0.1, 0.15) is 5.69 Å². The quantitative estimate of drug-likeness (QED) is 0.706. The third kappa shape index (κ3) is 3.55. The number of aryl methyl sites for hydroxylation is 1. The van der Waals surface area contributed by atoms with E-state index < -0.39 is 10.0 Å². The van der Waals surface area contributed by atoms with Gasteiger partial charge < -0.3 is 0 Å². The first kappa shape index (κ1) is 16.8. The topological polar surface area (TPSA) is 76.9 Å². The van der Waals surface area contributed by atoms with E-state index in [-0.39, 0.29) is 11.4 Å². The molecule has 0 atom stereocenters. The van der Waals surface area contributed by atoms with Crippen molar-refractivity contribution >= 4 is 26.0 Å². The van der Waals surface area contributed by atoms with E-state index in [1.165, 1.54) is 0 Å². The van der Waals surface area contributed by atoms with E-state index in [0.717, 1.165) is 11.4 Å². The molecule has 1 aromatic carbocycles. The number of aromatic nitrogens is 3. The summed E-state index contributed by atoms with van der Waals surface area (Å²) in [5.74, 6) is 0. The smallest absolute Gasteiger partial charge is 0.242 e. The van der Waals surface area contributed by atoms with Gasteiger partial charge in [-0.05, 0) is 46.3 Å². The van der Waals surface area contributed by atoms with Crippen LogP contribution in [0.3, 0.4) is 0 Å². The van der Waals surface area contributed by atoms with E-state index in [4.69, 9.17) is 0 Å². The maximum atomic E-state index is 12.4. The molecule has 0 saturated heterocycles. The van der Waals surface area contributed by atoms with Crippen LogP contribution in [0.2, 0.25) is 0 Å². The van der Waals surface area contributed by atoms with Gasteiger partial charge in [0.05, 0.1) is 28.5 Å². The number of benzene rings is 1. The Labute approximate surface area is 148 Å². The third-order valence-corrected chi connectivity index (χ3v) is 5.84. The molecule has 1 N–H and O–H groups in total. The summed E-state index contributed by atoms with van der Waals surface area (Å²) in [4.78, 5) is 4.49. The Morgan fingerprint density at radius 3 is 2.62 bits per heavy atom. The largest absolute Gasteiger partial charge is 0.266 e.